The minimum Gasteiger partial charge on any atom is -0.485 e. The predicted molar refractivity (Wildman–Crippen MR) is 105 cm³/mol. The summed E-state index contributed by atoms with van der Waals surface area (Å²) in [6.07, 6.45) is 0.245. The van der Waals surface area contributed by atoms with Gasteiger partial charge in [-0.05, 0) is 50.4 Å². The number of hydrogen-bond acceptors (Lipinski definition) is 6. The topological polar surface area (TPSA) is 62.8 Å². The minimum absolute atomic E-state index is 0.207. The van der Waals surface area contributed by atoms with E-state index >= 15 is 0 Å². The Morgan fingerprint density at radius 3 is 2.85 bits per heavy atom. The van der Waals surface area contributed by atoms with Crippen LogP contribution in [0.3, 0.4) is 0 Å². The Labute approximate surface area is 158 Å². The van der Waals surface area contributed by atoms with Gasteiger partial charge < -0.3 is 24.6 Å². The summed E-state index contributed by atoms with van der Waals surface area (Å²) in [5.74, 6) is 2.15. The first-order valence-corrected chi connectivity index (χ1v) is 9.86. The van der Waals surface area contributed by atoms with Crippen molar-refractivity contribution >= 4 is 17.6 Å². The van der Waals surface area contributed by atoms with E-state index in [4.69, 9.17) is 9.47 Å². The Kier molecular flexibility index (Phi) is 4.73. The molecule has 2 aromatic carbocycles. The van der Waals surface area contributed by atoms with Crippen molar-refractivity contribution in [3.05, 3.63) is 53.6 Å². The van der Waals surface area contributed by atoms with Crippen LogP contribution in [0, 0.1) is 0 Å². The van der Waals surface area contributed by atoms with E-state index < -0.39 is 11.7 Å². The summed E-state index contributed by atoms with van der Waals surface area (Å²) in [6, 6.07) is 14.1. The molecule has 6 heteroatoms. The molecule has 0 unspecified atom stereocenters. The molecule has 3 N–H and O–H groups in total. The Hall–Kier alpha value is -1.89. The second-order valence-electron chi connectivity index (χ2n) is 7.21. The van der Waals surface area contributed by atoms with Gasteiger partial charge in [-0.3, -0.25) is 0 Å². The Morgan fingerprint density at radius 2 is 2.04 bits per heavy atom. The van der Waals surface area contributed by atoms with Crippen molar-refractivity contribution in [1.82, 2.24) is 5.32 Å². The quantitative estimate of drug-likeness (QED) is 0.714. The Bertz CT molecular complexity index is 782. The van der Waals surface area contributed by atoms with Crippen molar-refractivity contribution in [3.63, 3.8) is 0 Å². The van der Waals surface area contributed by atoms with Gasteiger partial charge >= 0.3 is 0 Å². The normalized spacial score (nSPS) is 23.0. The van der Waals surface area contributed by atoms with E-state index in [1.165, 1.54) is 17.5 Å². The molecule has 2 aliphatic heterocycles. The van der Waals surface area contributed by atoms with Gasteiger partial charge in [0.2, 0.25) is 0 Å². The van der Waals surface area contributed by atoms with Crippen LogP contribution in [0.15, 0.2) is 42.5 Å². The molecule has 0 fully saturated rings. The largest absolute Gasteiger partial charge is 0.485 e. The molecule has 2 atom stereocenters. The number of aliphatic hydroxyl groups excluding tert-OH is 1. The third-order valence-corrected chi connectivity index (χ3v) is 5.52. The van der Waals surface area contributed by atoms with E-state index in [1.807, 2.05) is 44.2 Å². The van der Waals surface area contributed by atoms with Gasteiger partial charge in [-0.1, -0.05) is 30.3 Å². The van der Waals surface area contributed by atoms with Crippen molar-refractivity contribution in [3.8, 4) is 11.5 Å². The molecule has 0 saturated heterocycles. The average molecular weight is 372 g/mol. The van der Waals surface area contributed by atoms with Gasteiger partial charge in [-0.25, -0.2) is 0 Å². The lowest BCUT2D eigenvalue weighted by Crippen LogP contribution is -2.52. The maximum absolute atomic E-state index is 10.9. The zero-order valence-corrected chi connectivity index (χ0v) is 15.8. The van der Waals surface area contributed by atoms with Crippen LogP contribution < -0.4 is 19.5 Å². The van der Waals surface area contributed by atoms with Gasteiger partial charge in [0.05, 0.1) is 11.7 Å². The second kappa shape index (κ2) is 7.02. The number of hydrogen-bond donors (Lipinski definition) is 3. The van der Waals surface area contributed by atoms with Crippen LogP contribution in [-0.2, 0) is 6.42 Å². The molecule has 2 aromatic rings. The highest BCUT2D eigenvalue weighted by Gasteiger charge is 2.43. The van der Waals surface area contributed by atoms with Gasteiger partial charge in [0.1, 0.15) is 23.2 Å². The highest BCUT2D eigenvalue weighted by Crippen LogP contribution is 2.46. The van der Waals surface area contributed by atoms with Crippen LogP contribution in [0.2, 0.25) is 0 Å². The Morgan fingerprint density at radius 1 is 1.23 bits per heavy atom. The summed E-state index contributed by atoms with van der Waals surface area (Å²) >= 11 is 1.51. The molecule has 5 nitrogen and oxygen atoms in total. The molecule has 138 valence electrons. The fraction of sp³-hybridized carbons (Fsp3) is 0.400. The van der Waals surface area contributed by atoms with Gasteiger partial charge in [0.15, 0.2) is 5.94 Å². The van der Waals surface area contributed by atoms with Crippen molar-refractivity contribution in [1.29, 1.82) is 0 Å². The first-order chi connectivity index (χ1) is 12.5. The molecule has 0 saturated carbocycles. The number of anilines is 1. The zero-order chi connectivity index (χ0) is 18.1. The molecular formula is C20H24N2O3S. The summed E-state index contributed by atoms with van der Waals surface area (Å²) in [5.41, 5.74) is 2.46. The zero-order valence-electron chi connectivity index (χ0n) is 15.0. The van der Waals surface area contributed by atoms with Crippen molar-refractivity contribution < 1.29 is 14.6 Å². The minimum atomic E-state index is -0.672. The highest BCUT2D eigenvalue weighted by molar-refractivity contribution is 8.00. The smallest absolute Gasteiger partial charge is 0.153 e. The Balaban J connectivity index is 1.58. The molecule has 0 aliphatic carbocycles. The summed E-state index contributed by atoms with van der Waals surface area (Å²) in [4.78, 5) is 0. The fourth-order valence-corrected chi connectivity index (χ4v) is 4.02. The SMILES string of the molecule is CC1(C)Oc2cc3c(cc2[C@H](NCCc2ccccc2)[C@@H]1O)OCSN3. The molecule has 2 heterocycles. The maximum Gasteiger partial charge on any atom is 0.153 e. The van der Waals surface area contributed by atoms with Crippen LogP contribution in [-0.4, -0.2) is 29.3 Å². The number of rotatable bonds is 4. The third kappa shape index (κ3) is 3.37. The van der Waals surface area contributed by atoms with Gasteiger partial charge in [0, 0.05) is 11.6 Å². The predicted octanol–water partition coefficient (Wildman–Crippen LogP) is 3.50. The highest BCUT2D eigenvalue weighted by atomic mass is 32.2. The number of nitrogens with one attached hydrogen (secondary N) is 2. The van der Waals surface area contributed by atoms with E-state index in [2.05, 4.69) is 22.2 Å². The van der Waals surface area contributed by atoms with Crippen molar-refractivity contribution in [2.24, 2.45) is 0 Å². The van der Waals surface area contributed by atoms with E-state index in [9.17, 15) is 5.11 Å². The standard InChI is InChI=1S/C20H24N2O3S/c1-20(2)19(23)18(21-9-8-13-6-4-3-5-7-13)14-10-17-15(11-16(14)25-20)22-26-12-24-17/h3-7,10-11,18-19,21-23H,8-9,12H2,1-2H3/t18-,19-/m0/s1. The van der Waals surface area contributed by atoms with Crippen LogP contribution >= 0.6 is 11.9 Å². The fourth-order valence-electron chi connectivity index (χ4n) is 3.46. The maximum atomic E-state index is 10.9. The van der Waals surface area contributed by atoms with E-state index in [0.29, 0.717) is 5.94 Å². The van der Waals surface area contributed by atoms with Gasteiger partial charge in [-0.2, -0.15) is 0 Å². The summed E-state index contributed by atoms with van der Waals surface area (Å²) < 4.78 is 15.1. The second-order valence-corrected chi connectivity index (χ2v) is 7.94. The van der Waals surface area contributed by atoms with Gasteiger partial charge in [0.25, 0.3) is 0 Å². The van der Waals surface area contributed by atoms with E-state index in [1.54, 1.807) is 0 Å². The first kappa shape index (κ1) is 17.5. The number of fused-ring (bicyclic) bond motifs is 2. The molecular weight excluding hydrogens is 348 g/mol. The lowest BCUT2D eigenvalue weighted by molar-refractivity contribution is -0.0644. The molecule has 0 bridgehead atoms. The van der Waals surface area contributed by atoms with Crippen LogP contribution in [0.4, 0.5) is 5.69 Å². The molecule has 4 rings (SSSR count). The summed E-state index contributed by atoms with van der Waals surface area (Å²) in [7, 11) is 0. The van der Waals surface area contributed by atoms with Crippen molar-refractivity contribution in [2.45, 2.75) is 38.0 Å². The first-order valence-electron chi connectivity index (χ1n) is 8.87. The summed E-state index contributed by atoms with van der Waals surface area (Å²) in [5, 5.41) is 14.4. The van der Waals surface area contributed by atoms with E-state index in [0.717, 1.165) is 35.7 Å². The monoisotopic (exact) mass is 372 g/mol. The van der Waals surface area contributed by atoms with Crippen LogP contribution in [0.25, 0.3) is 0 Å². The van der Waals surface area contributed by atoms with E-state index in [-0.39, 0.29) is 6.04 Å². The summed E-state index contributed by atoms with van der Waals surface area (Å²) in [6.45, 7) is 4.61. The average Bonchev–Trinajstić information content (AvgIpc) is 2.64. The number of aliphatic hydroxyl groups is 1. The molecule has 26 heavy (non-hydrogen) atoms. The van der Waals surface area contributed by atoms with Crippen LogP contribution in [0.5, 0.6) is 11.5 Å². The van der Waals surface area contributed by atoms with Crippen LogP contribution in [0.1, 0.15) is 31.0 Å². The van der Waals surface area contributed by atoms with Gasteiger partial charge in [-0.15, -0.1) is 0 Å². The lowest BCUT2D eigenvalue weighted by atomic mass is 9.86. The molecule has 2 aliphatic rings. The molecule has 0 spiro atoms. The third-order valence-electron chi connectivity index (χ3n) is 4.92. The number of ether oxygens (including phenoxy) is 2. The lowest BCUT2D eigenvalue weighted by Gasteiger charge is -2.43. The van der Waals surface area contributed by atoms with Crippen molar-refractivity contribution in [2.75, 3.05) is 17.2 Å². The molecule has 0 radical (unpaired) electrons. The molecule has 0 aromatic heterocycles. The number of benzene rings is 2. The molecule has 0 amide bonds.